The maximum Gasteiger partial charge on any atom is 0.240 e. The minimum atomic E-state index is -1.15. The maximum atomic E-state index is 13.1. The molecule has 1 atom stereocenters. The zero-order valence-corrected chi connectivity index (χ0v) is 15.3. The molecule has 27 heavy (non-hydrogen) atoms. The van der Waals surface area contributed by atoms with E-state index in [-0.39, 0.29) is 18.2 Å². The van der Waals surface area contributed by atoms with Crippen molar-refractivity contribution in [2.45, 2.75) is 11.8 Å². The Morgan fingerprint density at radius 3 is 2.56 bits per heavy atom. The molecular formula is C19H12Cl2N4O2. The van der Waals surface area contributed by atoms with Gasteiger partial charge < -0.3 is 10.6 Å². The molecule has 1 spiro atoms. The number of halogens is 2. The van der Waals surface area contributed by atoms with Crippen LogP contribution in [0.3, 0.4) is 0 Å². The third-order valence-corrected chi connectivity index (χ3v) is 5.65. The Labute approximate surface area is 164 Å². The first-order chi connectivity index (χ1) is 13.0. The van der Waals surface area contributed by atoms with Crippen molar-refractivity contribution in [1.29, 1.82) is 0 Å². The van der Waals surface area contributed by atoms with Crippen molar-refractivity contribution in [3.63, 3.8) is 0 Å². The molecule has 0 unspecified atom stereocenters. The largest absolute Gasteiger partial charge is 0.323 e. The summed E-state index contributed by atoms with van der Waals surface area (Å²) in [6.45, 7) is 0. The first kappa shape index (κ1) is 16.4. The summed E-state index contributed by atoms with van der Waals surface area (Å²) in [7, 11) is 0. The summed E-state index contributed by atoms with van der Waals surface area (Å²) in [5, 5.41) is 11.2. The summed E-state index contributed by atoms with van der Waals surface area (Å²) in [4.78, 5) is 25.6. The van der Waals surface area contributed by atoms with E-state index in [1.165, 1.54) is 0 Å². The van der Waals surface area contributed by atoms with Gasteiger partial charge in [0.15, 0.2) is 0 Å². The van der Waals surface area contributed by atoms with Crippen molar-refractivity contribution in [1.82, 2.24) is 9.78 Å². The number of fused-ring (bicyclic) bond motifs is 4. The van der Waals surface area contributed by atoms with Crippen molar-refractivity contribution in [3.8, 4) is 5.69 Å². The van der Waals surface area contributed by atoms with Crippen LogP contribution in [0.15, 0.2) is 48.7 Å². The number of hydrogen-bond acceptors (Lipinski definition) is 3. The second kappa shape index (κ2) is 5.58. The van der Waals surface area contributed by atoms with Gasteiger partial charge in [0.25, 0.3) is 0 Å². The number of nitrogens with one attached hydrogen (secondary N) is 2. The van der Waals surface area contributed by atoms with E-state index in [4.69, 9.17) is 23.2 Å². The first-order valence-electron chi connectivity index (χ1n) is 8.25. The zero-order valence-electron chi connectivity index (χ0n) is 13.8. The number of amides is 2. The summed E-state index contributed by atoms with van der Waals surface area (Å²) < 4.78 is 1.60. The Morgan fingerprint density at radius 2 is 1.78 bits per heavy atom. The fourth-order valence-corrected chi connectivity index (χ4v) is 4.21. The highest BCUT2D eigenvalue weighted by Gasteiger charge is 2.54. The van der Waals surface area contributed by atoms with Crippen molar-refractivity contribution >= 4 is 46.5 Å². The summed E-state index contributed by atoms with van der Waals surface area (Å²) in [6.07, 6.45) is 1.62. The van der Waals surface area contributed by atoms with E-state index in [9.17, 15) is 9.59 Å². The van der Waals surface area contributed by atoms with E-state index in [1.54, 1.807) is 47.3 Å². The number of carbonyl (C=O) groups is 2. The number of aromatic nitrogens is 2. The van der Waals surface area contributed by atoms with Crippen molar-refractivity contribution in [3.05, 3.63) is 69.8 Å². The molecule has 2 amide bonds. The van der Waals surface area contributed by atoms with Crippen LogP contribution < -0.4 is 10.6 Å². The van der Waals surface area contributed by atoms with E-state index in [1.807, 2.05) is 6.07 Å². The highest BCUT2D eigenvalue weighted by molar-refractivity contribution is 6.35. The van der Waals surface area contributed by atoms with Crippen LogP contribution in [-0.2, 0) is 15.0 Å². The van der Waals surface area contributed by atoms with Gasteiger partial charge >= 0.3 is 0 Å². The Morgan fingerprint density at radius 1 is 1.00 bits per heavy atom. The van der Waals surface area contributed by atoms with Crippen LogP contribution in [-0.4, -0.2) is 21.6 Å². The minimum Gasteiger partial charge on any atom is -0.323 e. The highest BCUT2D eigenvalue weighted by atomic mass is 35.5. The fourth-order valence-electron chi connectivity index (χ4n) is 3.86. The lowest BCUT2D eigenvalue weighted by Crippen LogP contribution is -2.43. The van der Waals surface area contributed by atoms with E-state index in [2.05, 4.69) is 15.7 Å². The lowest BCUT2D eigenvalue weighted by atomic mass is 9.72. The van der Waals surface area contributed by atoms with Gasteiger partial charge in [0.05, 0.1) is 22.6 Å². The van der Waals surface area contributed by atoms with E-state index in [0.29, 0.717) is 32.7 Å². The molecule has 1 aromatic heterocycles. The van der Waals surface area contributed by atoms with Crippen LogP contribution in [0, 0.1) is 0 Å². The summed E-state index contributed by atoms with van der Waals surface area (Å²) in [6, 6.07) is 12.4. The lowest BCUT2D eigenvalue weighted by molar-refractivity contribution is -0.125. The molecule has 5 rings (SSSR count). The molecule has 0 aliphatic carbocycles. The van der Waals surface area contributed by atoms with E-state index < -0.39 is 5.41 Å². The topological polar surface area (TPSA) is 76.0 Å². The van der Waals surface area contributed by atoms with E-state index >= 15 is 0 Å². The Balaban J connectivity index is 1.76. The van der Waals surface area contributed by atoms with Crippen LogP contribution in [0.25, 0.3) is 5.69 Å². The fraction of sp³-hybridized carbons (Fsp3) is 0.105. The smallest absolute Gasteiger partial charge is 0.240 e. The van der Waals surface area contributed by atoms with E-state index in [0.717, 1.165) is 5.69 Å². The Kier molecular flexibility index (Phi) is 3.38. The molecule has 2 N–H and O–H groups in total. The number of benzene rings is 2. The predicted octanol–water partition coefficient (Wildman–Crippen LogP) is 3.76. The van der Waals surface area contributed by atoms with Gasteiger partial charge in [0.1, 0.15) is 11.2 Å². The Hall–Kier alpha value is -2.83. The standard InChI is InChI=1S/C19H12Cl2N4O2/c20-10-4-6-11(7-5-10)25-17-13(9-22-25)19(8-15(26)23-17)12-2-1-3-14(21)16(12)24-18(19)27/h1-7,9H,8H2,(H,23,26)(H,24,27)/t19-/m1/s1. The van der Waals surface area contributed by atoms with Gasteiger partial charge in [-0.1, -0.05) is 35.3 Å². The molecule has 2 aliphatic heterocycles. The molecule has 6 nitrogen and oxygen atoms in total. The minimum absolute atomic E-state index is 0.00845. The highest BCUT2D eigenvalue weighted by Crippen LogP contribution is 2.51. The van der Waals surface area contributed by atoms with Gasteiger partial charge in [-0.2, -0.15) is 5.10 Å². The molecule has 3 heterocycles. The van der Waals surface area contributed by atoms with Crippen LogP contribution in [0.2, 0.25) is 10.0 Å². The Bertz CT molecular complexity index is 1120. The molecular weight excluding hydrogens is 387 g/mol. The SMILES string of the molecule is O=C1C[C@]2(C(=O)Nc3c(Cl)cccc32)c2cnn(-c3ccc(Cl)cc3)c2N1. The number of hydrogen-bond donors (Lipinski definition) is 2. The van der Waals surface area contributed by atoms with Crippen LogP contribution in [0.4, 0.5) is 11.5 Å². The number of rotatable bonds is 1. The lowest BCUT2D eigenvalue weighted by Gasteiger charge is -2.31. The zero-order chi connectivity index (χ0) is 18.8. The first-order valence-corrected chi connectivity index (χ1v) is 9.01. The van der Waals surface area contributed by atoms with Crippen LogP contribution in [0.1, 0.15) is 17.5 Å². The summed E-state index contributed by atoms with van der Waals surface area (Å²) >= 11 is 12.2. The third kappa shape index (κ3) is 2.17. The molecule has 0 radical (unpaired) electrons. The van der Waals surface area contributed by atoms with Crippen molar-refractivity contribution in [2.75, 3.05) is 10.6 Å². The molecule has 2 aromatic carbocycles. The summed E-state index contributed by atoms with van der Waals surface area (Å²) in [5.74, 6) is -0.0740. The molecule has 0 saturated carbocycles. The van der Waals surface area contributed by atoms with Crippen LogP contribution >= 0.6 is 23.2 Å². The van der Waals surface area contributed by atoms with Gasteiger partial charge in [0.2, 0.25) is 11.8 Å². The molecule has 0 bridgehead atoms. The second-order valence-corrected chi connectivity index (χ2v) is 7.39. The second-order valence-electron chi connectivity index (χ2n) is 6.54. The maximum absolute atomic E-state index is 13.1. The number of carbonyl (C=O) groups excluding carboxylic acids is 2. The number of para-hydroxylation sites is 1. The molecule has 8 heteroatoms. The predicted molar refractivity (Wildman–Crippen MR) is 103 cm³/mol. The molecule has 3 aromatic rings. The number of nitrogens with zero attached hydrogens (tertiary/aromatic N) is 2. The average molecular weight is 399 g/mol. The molecule has 0 fully saturated rings. The quantitative estimate of drug-likeness (QED) is 0.654. The van der Waals surface area contributed by atoms with Gasteiger partial charge in [-0.25, -0.2) is 4.68 Å². The van der Waals surface area contributed by atoms with Gasteiger partial charge in [0, 0.05) is 17.0 Å². The molecule has 2 aliphatic rings. The number of anilines is 2. The average Bonchev–Trinajstić information content (AvgIpc) is 3.18. The van der Waals surface area contributed by atoms with Gasteiger partial charge in [-0.3, -0.25) is 9.59 Å². The monoisotopic (exact) mass is 398 g/mol. The van der Waals surface area contributed by atoms with Gasteiger partial charge in [-0.05, 0) is 35.9 Å². The van der Waals surface area contributed by atoms with Crippen LogP contribution in [0.5, 0.6) is 0 Å². The summed E-state index contributed by atoms with van der Waals surface area (Å²) in [5.41, 5.74) is 1.44. The molecule has 134 valence electrons. The molecule has 0 saturated heterocycles. The third-order valence-electron chi connectivity index (χ3n) is 5.08. The van der Waals surface area contributed by atoms with Gasteiger partial charge in [-0.15, -0.1) is 0 Å². The van der Waals surface area contributed by atoms with Crippen molar-refractivity contribution in [2.24, 2.45) is 0 Å². The normalized spacial score (nSPS) is 20.2. The van der Waals surface area contributed by atoms with Crippen molar-refractivity contribution < 1.29 is 9.59 Å².